The number of carbonyl (C=O) groups is 1. The van der Waals surface area contributed by atoms with E-state index < -0.39 is 0 Å². The fourth-order valence-electron chi connectivity index (χ4n) is 1.02. The first-order valence-corrected chi connectivity index (χ1v) is 3.63. The number of hydrogen-bond donors (Lipinski definition) is 0. The summed E-state index contributed by atoms with van der Waals surface area (Å²) in [6.07, 6.45) is 0.588. The maximum absolute atomic E-state index is 9.96. The van der Waals surface area contributed by atoms with Gasteiger partial charge in [0.25, 0.3) is 0 Å². The van der Waals surface area contributed by atoms with Gasteiger partial charge in [-0.25, -0.2) is 0 Å². The molecule has 1 heterocycles. The highest BCUT2D eigenvalue weighted by Crippen LogP contribution is 2.02. The van der Waals surface area contributed by atoms with E-state index in [9.17, 15) is 4.79 Å². The summed E-state index contributed by atoms with van der Waals surface area (Å²) < 4.78 is 0. The normalized spacial score (nSPS) is 8.50. The van der Waals surface area contributed by atoms with Crippen LogP contribution in [-0.4, -0.2) is 11.3 Å². The van der Waals surface area contributed by atoms with Gasteiger partial charge in [0.2, 0.25) is 0 Å². The van der Waals surface area contributed by atoms with Crippen LogP contribution in [0.1, 0.15) is 17.0 Å². The zero-order valence-corrected chi connectivity index (χ0v) is 7.09. The number of hydrogen-bond acceptors (Lipinski definition) is 2. The molecule has 2 nitrogen and oxygen atoms in total. The van der Waals surface area contributed by atoms with Gasteiger partial charge in [0.1, 0.15) is 0 Å². The van der Waals surface area contributed by atoms with Gasteiger partial charge in [-0.2, -0.15) is 0 Å². The number of carbonyl (C=O) groups excluding carboxylic acids is 1. The summed E-state index contributed by atoms with van der Waals surface area (Å²) >= 11 is 0. The van der Waals surface area contributed by atoms with E-state index in [4.69, 9.17) is 0 Å². The molecule has 1 aromatic heterocycles. The molecule has 1 rings (SSSR count). The average molecular weight is 159 g/mol. The van der Waals surface area contributed by atoms with Gasteiger partial charge in [-0.1, -0.05) is 5.92 Å². The van der Waals surface area contributed by atoms with Gasteiger partial charge in [-0.15, -0.1) is 0 Å². The van der Waals surface area contributed by atoms with Crippen molar-refractivity contribution < 1.29 is 4.79 Å². The molecule has 2 heteroatoms. The van der Waals surface area contributed by atoms with Crippen molar-refractivity contribution in [1.82, 2.24) is 4.98 Å². The second-order valence-electron chi connectivity index (χ2n) is 2.53. The van der Waals surface area contributed by atoms with E-state index >= 15 is 0 Å². The maximum atomic E-state index is 9.96. The van der Waals surface area contributed by atoms with Crippen molar-refractivity contribution >= 4 is 6.29 Å². The molecule has 0 unspecified atom stereocenters. The Balaban J connectivity index is 3.08. The Morgan fingerprint density at radius 1 is 1.33 bits per heavy atom. The van der Waals surface area contributed by atoms with Crippen molar-refractivity contribution in [2.75, 3.05) is 0 Å². The standard InChI is InChI=1S/C10H9NO/c1-8-6-10(4-3-5-12)7-9(2)11-8/h5-7H,1-2H3. The van der Waals surface area contributed by atoms with Crippen molar-refractivity contribution in [3.05, 3.63) is 29.1 Å². The second-order valence-corrected chi connectivity index (χ2v) is 2.53. The Labute approximate surface area is 71.6 Å². The lowest BCUT2D eigenvalue weighted by Crippen LogP contribution is -1.87. The van der Waals surface area contributed by atoms with Gasteiger partial charge in [-0.3, -0.25) is 9.78 Å². The molecule has 0 atom stereocenters. The fraction of sp³-hybridized carbons (Fsp3) is 0.200. The second kappa shape index (κ2) is 3.68. The van der Waals surface area contributed by atoms with Gasteiger partial charge in [0.05, 0.1) is 0 Å². The van der Waals surface area contributed by atoms with Gasteiger partial charge in [-0.05, 0) is 31.9 Å². The summed E-state index contributed by atoms with van der Waals surface area (Å²) in [6, 6.07) is 3.70. The topological polar surface area (TPSA) is 30.0 Å². The molecule has 0 aliphatic carbocycles. The van der Waals surface area contributed by atoms with E-state index in [-0.39, 0.29) is 0 Å². The predicted molar refractivity (Wildman–Crippen MR) is 46.7 cm³/mol. The third-order valence-electron chi connectivity index (χ3n) is 1.36. The molecule has 0 N–H and O–H groups in total. The van der Waals surface area contributed by atoms with Gasteiger partial charge in [0, 0.05) is 17.0 Å². The molecular formula is C10H9NO. The predicted octanol–water partition coefficient (Wildman–Crippen LogP) is 1.25. The molecule has 0 bridgehead atoms. The minimum Gasteiger partial charge on any atom is -0.289 e. The monoisotopic (exact) mass is 159 g/mol. The van der Waals surface area contributed by atoms with E-state index in [1.54, 1.807) is 0 Å². The fourth-order valence-corrected chi connectivity index (χ4v) is 1.02. The molecule has 60 valence electrons. The highest BCUT2D eigenvalue weighted by atomic mass is 16.1. The lowest BCUT2D eigenvalue weighted by Gasteiger charge is -1.95. The Bertz CT molecular complexity index is 338. The SMILES string of the molecule is Cc1cc(C#CC=O)cc(C)n1. The molecule has 0 fully saturated rings. The third-order valence-corrected chi connectivity index (χ3v) is 1.36. The van der Waals surface area contributed by atoms with Crippen LogP contribution in [0.2, 0.25) is 0 Å². The van der Waals surface area contributed by atoms with Gasteiger partial charge >= 0.3 is 0 Å². The number of pyridine rings is 1. The van der Waals surface area contributed by atoms with Crippen LogP contribution in [0.3, 0.4) is 0 Å². The van der Waals surface area contributed by atoms with E-state index in [2.05, 4.69) is 16.8 Å². The zero-order chi connectivity index (χ0) is 8.97. The third kappa shape index (κ3) is 2.21. The average Bonchev–Trinajstić information content (AvgIpc) is 1.99. The molecule has 0 radical (unpaired) electrons. The van der Waals surface area contributed by atoms with Crippen molar-refractivity contribution in [1.29, 1.82) is 0 Å². The van der Waals surface area contributed by atoms with E-state index in [0.717, 1.165) is 17.0 Å². The van der Waals surface area contributed by atoms with Crippen molar-refractivity contribution in [3.63, 3.8) is 0 Å². The number of rotatable bonds is 0. The molecular weight excluding hydrogens is 150 g/mol. The Hall–Kier alpha value is -1.62. The van der Waals surface area contributed by atoms with E-state index in [1.165, 1.54) is 0 Å². The van der Waals surface area contributed by atoms with Gasteiger partial charge < -0.3 is 0 Å². The molecule has 1 aromatic rings. The van der Waals surface area contributed by atoms with Crippen molar-refractivity contribution in [3.8, 4) is 11.8 Å². The van der Waals surface area contributed by atoms with E-state index in [1.807, 2.05) is 26.0 Å². The number of nitrogens with zero attached hydrogens (tertiary/aromatic N) is 1. The maximum Gasteiger partial charge on any atom is 0.193 e. The lowest BCUT2D eigenvalue weighted by atomic mass is 10.2. The van der Waals surface area contributed by atoms with Crippen LogP contribution >= 0.6 is 0 Å². The molecule has 0 aromatic carbocycles. The Kier molecular flexibility index (Phi) is 2.60. The number of aldehydes is 1. The first-order chi connectivity index (χ1) is 5.72. The minimum atomic E-state index is 0.588. The molecule has 0 amide bonds. The van der Waals surface area contributed by atoms with Crippen molar-refractivity contribution in [2.24, 2.45) is 0 Å². The minimum absolute atomic E-state index is 0.588. The zero-order valence-electron chi connectivity index (χ0n) is 7.09. The molecule has 0 aliphatic rings. The van der Waals surface area contributed by atoms with Crippen LogP contribution in [-0.2, 0) is 4.79 Å². The number of aryl methyl sites for hydroxylation is 2. The molecule has 0 saturated carbocycles. The van der Waals surface area contributed by atoms with Crippen LogP contribution in [0.5, 0.6) is 0 Å². The van der Waals surface area contributed by atoms with Crippen LogP contribution in [0.4, 0.5) is 0 Å². The van der Waals surface area contributed by atoms with Crippen molar-refractivity contribution in [2.45, 2.75) is 13.8 Å². The lowest BCUT2D eigenvalue weighted by molar-refractivity contribution is -0.103. The largest absolute Gasteiger partial charge is 0.289 e. The quantitative estimate of drug-likeness (QED) is 0.421. The molecule has 12 heavy (non-hydrogen) atoms. The van der Waals surface area contributed by atoms with Crippen LogP contribution < -0.4 is 0 Å². The first-order valence-electron chi connectivity index (χ1n) is 3.63. The van der Waals surface area contributed by atoms with Gasteiger partial charge in [0.15, 0.2) is 6.29 Å². The summed E-state index contributed by atoms with van der Waals surface area (Å²) in [4.78, 5) is 14.1. The molecule has 0 spiro atoms. The van der Waals surface area contributed by atoms with E-state index in [0.29, 0.717) is 6.29 Å². The smallest absolute Gasteiger partial charge is 0.193 e. The summed E-state index contributed by atoms with van der Waals surface area (Å²) in [6.45, 7) is 3.80. The highest BCUT2D eigenvalue weighted by molar-refractivity contribution is 5.73. The summed E-state index contributed by atoms with van der Waals surface area (Å²) in [7, 11) is 0. The molecule has 0 aliphatic heterocycles. The summed E-state index contributed by atoms with van der Waals surface area (Å²) in [5, 5.41) is 0. The van der Waals surface area contributed by atoms with Crippen LogP contribution in [0, 0.1) is 25.7 Å². The molecule has 0 saturated heterocycles. The van der Waals surface area contributed by atoms with Crippen LogP contribution in [0.15, 0.2) is 12.1 Å². The Morgan fingerprint density at radius 2 is 1.92 bits per heavy atom. The van der Waals surface area contributed by atoms with Crippen LogP contribution in [0.25, 0.3) is 0 Å². The Morgan fingerprint density at radius 3 is 2.42 bits per heavy atom. The summed E-state index contributed by atoms with van der Waals surface area (Å²) in [5.74, 6) is 5.08. The highest BCUT2D eigenvalue weighted by Gasteiger charge is 1.92. The number of aromatic nitrogens is 1. The summed E-state index contributed by atoms with van der Waals surface area (Å²) in [5.41, 5.74) is 2.68. The first kappa shape index (κ1) is 8.48.